The molecule has 2 atom stereocenters. The number of hydrogen-bond donors (Lipinski definition) is 3. The van der Waals surface area contributed by atoms with Gasteiger partial charge in [-0.15, -0.1) is 0 Å². The van der Waals surface area contributed by atoms with Crippen LogP contribution >= 0.6 is 0 Å². The number of aliphatic carboxylic acids is 1. The van der Waals surface area contributed by atoms with E-state index in [-0.39, 0.29) is 19.1 Å². The summed E-state index contributed by atoms with van der Waals surface area (Å²) in [7, 11) is 1.61. The summed E-state index contributed by atoms with van der Waals surface area (Å²) in [6, 6.07) is 16.6. The highest BCUT2D eigenvalue weighted by atomic mass is 16.5. The van der Waals surface area contributed by atoms with Gasteiger partial charge in [0.15, 0.2) is 6.04 Å². The third-order valence-corrected chi connectivity index (χ3v) is 6.33. The molecule has 0 saturated heterocycles. The van der Waals surface area contributed by atoms with Crippen LogP contribution in [0.5, 0.6) is 0 Å². The molecule has 9 nitrogen and oxygen atoms in total. The van der Waals surface area contributed by atoms with Crippen molar-refractivity contribution in [2.24, 2.45) is 13.0 Å². The van der Waals surface area contributed by atoms with E-state index in [1.165, 1.54) is 10.9 Å². The van der Waals surface area contributed by atoms with E-state index in [0.717, 1.165) is 22.3 Å². The molecule has 35 heavy (non-hydrogen) atoms. The van der Waals surface area contributed by atoms with Crippen LogP contribution in [0.25, 0.3) is 11.1 Å². The number of benzene rings is 2. The zero-order valence-corrected chi connectivity index (χ0v) is 19.6. The Hall–Kier alpha value is -4.14. The number of hydrogen-bond acceptors (Lipinski definition) is 5. The number of alkyl carbamates (subject to hydrolysis) is 1. The van der Waals surface area contributed by atoms with E-state index in [2.05, 4.69) is 40.0 Å². The molecule has 1 aromatic heterocycles. The summed E-state index contributed by atoms with van der Waals surface area (Å²) in [5.74, 6) is -2.14. The molecule has 0 spiro atoms. The molecule has 1 aliphatic rings. The van der Waals surface area contributed by atoms with Gasteiger partial charge in [-0.1, -0.05) is 55.5 Å². The number of rotatable bonds is 9. The van der Waals surface area contributed by atoms with E-state index >= 15 is 0 Å². The predicted molar refractivity (Wildman–Crippen MR) is 129 cm³/mol. The van der Waals surface area contributed by atoms with Crippen molar-refractivity contribution in [1.29, 1.82) is 0 Å². The molecule has 0 fully saturated rings. The molecule has 3 N–H and O–H groups in total. The van der Waals surface area contributed by atoms with Gasteiger partial charge in [-0.3, -0.25) is 9.48 Å². The lowest BCUT2D eigenvalue weighted by atomic mass is 9.98. The first-order chi connectivity index (χ1) is 16.9. The smallest absolute Gasteiger partial charge is 0.407 e. The largest absolute Gasteiger partial charge is 0.479 e. The van der Waals surface area contributed by atoms with Crippen LogP contribution in [0.2, 0.25) is 0 Å². The van der Waals surface area contributed by atoms with Gasteiger partial charge in [0.2, 0.25) is 5.91 Å². The fourth-order valence-electron chi connectivity index (χ4n) is 4.39. The van der Waals surface area contributed by atoms with Gasteiger partial charge < -0.3 is 20.5 Å². The second-order valence-corrected chi connectivity index (χ2v) is 8.60. The average Bonchev–Trinajstić information content (AvgIpc) is 3.41. The van der Waals surface area contributed by atoms with Gasteiger partial charge in [-0.25, -0.2) is 9.59 Å². The molecule has 0 saturated carbocycles. The van der Waals surface area contributed by atoms with Crippen LogP contribution in [0.1, 0.15) is 42.1 Å². The SMILES string of the molecule is CC(CCNC(=O)OCC1c2ccccc2-c2ccccc21)C(=O)NC(C(=O)O)c1ccnn1C. The summed E-state index contributed by atoms with van der Waals surface area (Å²) in [5, 5.41) is 18.7. The molecule has 0 aliphatic heterocycles. The van der Waals surface area contributed by atoms with E-state index in [1.54, 1.807) is 20.0 Å². The molecule has 3 aromatic rings. The quantitative estimate of drug-likeness (QED) is 0.436. The summed E-state index contributed by atoms with van der Waals surface area (Å²) in [5.41, 5.74) is 4.95. The molecular weight excluding hydrogens is 448 g/mol. The van der Waals surface area contributed by atoms with Crippen molar-refractivity contribution >= 4 is 18.0 Å². The van der Waals surface area contributed by atoms with Crippen LogP contribution in [0.15, 0.2) is 60.8 Å². The Morgan fingerprint density at radius 3 is 2.26 bits per heavy atom. The van der Waals surface area contributed by atoms with Crippen molar-refractivity contribution in [2.75, 3.05) is 13.2 Å². The highest BCUT2D eigenvalue weighted by molar-refractivity contribution is 5.85. The molecule has 2 unspecified atom stereocenters. The summed E-state index contributed by atoms with van der Waals surface area (Å²) in [4.78, 5) is 36.5. The van der Waals surface area contributed by atoms with E-state index in [4.69, 9.17) is 4.74 Å². The minimum Gasteiger partial charge on any atom is -0.479 e. The standard InChI is InChI=1S/C26H28N4O5/c1-16(24(31)29-23(25(32)33)22-12-14-28-30(22)2)11-13-27-26(34)35-15-21-19-9-5-3-7-17(19)18-8-4-6-10-20(18)21/h3-10,12,14,16,21,23H,11,13,15H2,1-2H3,(H,27,34)(H,29,31)(H,32,33). The number of aromatic nitrogens is 2. The molecule has 0 radical (unpaired) electrons. The van der Waals surface area contributed by atoms with Crippen molar-refractivity contribution in [1.82, 2.24) is 20.4 Å². The highest BCUT2D eigenvalue weighted by Gasteiger charge is 2.29. The maximum absolute atomic E-state index is 12.5. The Balaban J connectivity index is 1.26. The van der Waals surface area contributed by atoms with Gasteiger partial charge in [-0.05, 0) is 34.7 Å². The molecule has 9 heteroatoms. The van der Waals surface area contributed by atoms with Crippen molar-refractivity contribution < 1.29 is 24.2 Å². The number of carbonyl (C=O) groups is 3. The molecule has 0 bridgehead atoms. The van der Waals surface area contributed by atoms with Crippen molar-refractivity contribution in [3.63, 3.8) is 0 Å². The van der Waals surface area contributed by atoms with Crippen LogP contribution in [-0.2, 0) is 21.4 Å². The van der Waals surface area contributed by atoms with Crippen molar-refractivity contribution in [3.05, 3.63) is 77.6 Å². The Bertz CT molecular complexity index is 1190. The fourth-order valence-corrected chi connectivity index (χ4v) is 4.39. The minimum absolute atomic E-state index is 0.0298. The number of nitrogens with zero attached hydrogens (tertiary/aromatic N) is 2. The number of amides is 2. The molecule has 182 valence electrons. The number of carboxylic acid groups (broad SMARTS) is 1. The monoisotopic (exact) mass is 476 g/mol. The van der Waals surface area contributed by atoms with Gasteiger partial charge in [0, 0.05) is 31.6 Å². The summed E-state index contributed by atoms with van der Waals surface area (Å²) >= 11 is 0. The topological polar surface area (TPSA) is 123 Å². The van der Waals surface area contributed by atoms with E-state index in [9.17, 15) is 19.5 Å². The third kappa shape index (κ3) is 5.18. The number of nitrogens with one attached hydrogen (secondary N) is 2. The normalized spacial score (nSPS) is 13.9. The van der Waals surface area contributed by atoms with E-state index < -0.39 is 29.9 Å². The van der Waals surface area contributed by atoms with Crippen LogP contribution in [-0.4, -0.2) is 46.0 Å². The number of ether oxygens (including phenoxy) is 1. The Morgan fingerprint density at radius 1 is 1.06 bits per heavy atom. The highest BCUT2D eigenvalue weighted by Crippen LogP contribution is 2.44. The van der Waals surface area contributed by atoms with Gasteiger partial charge >= 0.3 is 12.1 Å². The van der Waals surface area contributed by atoms with Gasteiger partial charge in [0.1, 0.15) is 6.61 Å². The third-order valence-electron chi connectivity index (χ3n) is 6.33. The molecule has 4 rings (SSSR count). The molecular formula is C26H28N4O5. The number of carboxylic acids is 1. The zero-order valence-electron chi connectivity index (χ0n) is 19.6. The van der Waals surface area contributed by atoms with Gasteiger partial charge in [-0.2, -0.15) is 5.10 Å². The lowest BCUT2D eigenvalue weighted by molar-refractivity contribution is -0.142. The number of fused-ring (bicyclic) bond motifs is 3. The van der Waals surface area contributed by atoms with Crippen molar-refractivity contribution in [2.45, 2.75) is 25.3 Å². The summed E-state index contributed by atoms with van der Waals surface area (Å²) < 4.78 is 6.91. The second-order valence-electron chi connectivity index (χ2n) is 8.60. The molecule has 1 heterocycles. The minimum atomic E-state index is -1.20. The van der Waals surface area contributed by atoms with Gasteiger partial charge in [0.05, 0.1) is 5.69 Å². The number of carbonyl (C=O) groups excluding carboxylic acids is 2. The van der Waals surface area contributed by atoms with Crippen LogP contribution < -0.4 is 10.6 Å². The van der Waals surface area contributed by atoms with E-state index in [0.29, 0.717) is 12.1 Å². The van der Waals surface area contributed by atoms with Crippen LogP contribution in [0, 0.1) is 5.92 Å². The molecule has 1 aliphatic carbocycles. The maximum Gasteiger partial charge on any atom is 0.407 e. The first-order valence-electron chi connectivity index (χ1n) is 11.5. The maximum atomic E-state index is 12.5. The second kappa shape index (κ2) is 10.4. The summed E-state index contributed by atoms with van der Waals surface area (Å²) in [6.45, 7) is 2.10. The Labute approximate surface area is 203 Å². The number of aryl methyl sites for hydroxylation is 1. The Kier molecular flexibility index (Phi) is 7.14. The predicted octanol–water partition coefficient (Wildman–Crippen LogP) is 3.23. The Morgan fingerprint density at radius 2 is 1.69 bits per heavy atom. The zero-order chi connectivity index (χ0) is 24.9. The molecule has 2 amide bonds. The molecule has 2 aromatic carbocycles. The average molecular weight is 477 g/mol. The first kappa shape index (κ1) is 24.0. The first-order valence-corrected chi connectivity index (χ1v) is 11.5. The van der Waals surface area contributed by atoms with E-state index in [1.807, 2.05) is 24.3 Å². The lowest BCUT2D eigenvalue weighted by Crippen LogP contribution is -2.39. The van der Waals surface area contributed by atoms with Crippen LogP contribution in [0.4, 0.5) is 4.79 Å². The van der Waals surface area contributed by atoms with Crippen molar-refractivity contribution in [3.8, 4) is 11.1 Å². The summed E-state index contributed by atoms with van der Waals surface area (Å²) in [6.07, 6.45) is 1.24. The fraction of sp³-hybridized carbons (Fsp3) is 0.308. The van der Waals surface area contributed by atoms with Crippen LogP contribution in [0.3, 0.4) is 0 Å². The van der Waals surface area contributed by atoms with Gasteiger partial charge in [0.25, 0.3) is 0 Å². The lowest BCUT2D eigenvalue weighted by Gasteiger charge is -2.18.